The molecule has 3 aromatic heterocycles. The molecule has 0 aliphatic carbocycles. The smallest absolute Gasteiger partial charge is 0.160 e. The minimum atomic E-state index is 0.700. The van der Waals surface area contributed by atoms with E-state index in [4.69, 9.17) is 9.97 Å². The van der Waals surface area contributed by atoms with Crippen LogP contribution in [0.1, 0.15) is 0 Å². The molecule has 0 aliphatic heterocycles. The second-order valence-corrected chi connectivity index (χ2v) is 17.5. The third-order valence-corrected chi connectivity index (χ3v) is 14.0. The molecule has 0 unspecified atom stereocenters. The minimum Gasteiger partial charge on any atom is -0.228 e. The van der Waals surface area contributed by atoms with Gasteiger partial charge in [-0.3, -0.25) is 0 Å². The maximum atomic E-state index is 5.32. The summed E-state index contributed by atoms with van der Waals surface area (Å²) in [6, 6.07) is 74.6. The van der Waals surface area contributed by atoms with Crippen molar-refractivity contribution >= 4 is 73.8 Å². The van der Waals surface area contributed by atoms with Crippen LogP contribution in [0.4, 0.5) is 0 Å². The number of aromatic nitrogens is 2. The Labute approximate surface area is 355 Å². The quantitative estimate of drug-likeness (QED) is 0.167. The lowest BCUT2D eigenvalue weighted by Gasteiger charge is -2.14. The van der Waals surface area contributed by atoms with Gasteiger partial charge in [0.15, 0.2) is 5.82 Å². The maximum Gasteiger partial charge on any atom is 0.160 e. The van der Waals surface area contributed by atoms with E-state index in [0.717, 1.165) is 39.2 Å². The zero-order chi connectivity index (χ0) is 39.6. The van der Waals surface area contributed by atoms with Crippen LogP contribution in [0.3, 0.4) is 0 Å². The molecule has 12 aromatic rings. The van der Waals surface area contributed by atoms with Crippen LogP contribution in [-0.4, -0.2) is 9.97 Å². The van der Waals surface area contributed by atoms with Gasteiger partial charge < -0.3 is 0 Å². The van der Waals surface area contributed by atoms with Gasteiger partial charge in [0, 0.05) is 57.0 Å². The van der Waals surface area contributed by atoms with Gasteiger partial charge in [0.2, 0.25) is 0 Å². The summed E-state index contributed by atoms with van der Waals surface area (Å²) in [7, 11) is 0. The Kier molecular flexibility index (Phi) is 8.25. The van der Waals surface area contributed by atoms with Crippen molar-refractivity contribution in [2.45, 2.75) is 0 Å². The highest BCUT2D eigenvalue weighted by Gasteiger charge is 2.16. The van der Waals surface area contributed by atoms with Crippen molar-refractivity contribution in [2.75, 3.05) is 0 Å². The molecule has 0 saturated heterocycles. The van der Waals surface area contributed by atoms with E-state index in [-0.39, 0.29) is 0 Å². The van der Waals surface area contributed by atoms with Crippen LogP contribution in [0.25, 0.3) is 118 Å². The standard InChI is InChI=1S/C56H34N2S2/c1-2-12-38(13-3-1)56-57-50(37-23-21-36(22-24-37)45-18-10-14-35-11-4-5-15-44(35)45)34-51(58-56)43-30-41(39-26-28-54-49(32-39)47-17-7-9-20-53(47)59-54)29-42(31-43)40-25-27-48-46-16-6-8-19-52(46)60-55(48)33-40/h1-34H. The number of nitrogens with zero attached hydrogens (tertiary/aromatic N) is 2. The highest BCUT2D eigenvalue weighted by Crippen LogP contribution is 2.41. The Hall–Kier alpha value is -7.24. The van der Waals surface area contributed by atoms with Crippen molar-refractivity contribution in [1.82, 2.24) is 9.97 Å². The summed E-state index contributed by atoms with van der Waals surface area (Å²) in [6.07, 6.45) is 0. The van der Waals surface area contributed by atoms with Gasteiger partial charge in [-0.2, -0.15) is 0 Å². The van der Waals surface area contributed by atoms with Crippen molar-refractivity contribution in [3.05, 3.63) is 206 Å². The summed E-state index contributed by atoms with van der Waals surface area (Å²) >= 11 is 3.71. The molecular weight excluding hydrogens is 765 g/mol. The molecule has 0 aliphatic rings. The largest absolute Gasteiger partial charge is 0.228 e. The molecule has 0 fully saturated rings. The van der Waals surface area contributed by atoms with Crippen LogP contribution < -0.4 is 0 Å². The number of thiophene rings is 2. The van der Waals surface area contributed by atoms with Crippen molar-refractivity contribution in [3.8, 4) is 67.3 Å². The predicted molar refractivity (Wildman–Crippen MR) is 258 cm³/mol. The van der Waals surface area contributed by atoms with Gasteiger partial charge in [-0.25, -0.2) is 9.97 Å². The molecule has 60 heavy (non-hydrogen) atoms. The monoisotopic (exact) mass is 798 g/mol. The lowest BCUT2D eigenvalue weighted by Crippen LogP contribution is -1.96. The topological polar surface area (TPSA) is 25.8 Å². The molecule has 2 nitrogen and oxygen atoms in total. The molecule has 0 bridgehead atoms. The van der Waals surface area contributed by atoms with Gasteiger partial charge in [-0.1, -0.05) is 152 Å². The second kappa shape index (κ2) is 14.2. The molecule has 0 radical (unpaired) electrons. The van der Waals surface area contributed by atoms with E-state index in [1.165, 1.54) is 73.4 Å². The van der Waals surface area contributed by atoms with Gasteiger partial charge in [0.25, 0.3) is 0 Å². The summed E-state index contributed by atoms with van der Waals surface area (Å²) in [5, 5.41) is 7.67. The second-order valence-electron chi connectivity index (χ2n) is 15.3. The molecule has 12 rings (SSSR count). The molecule has 280 valence electrons. The third kappa shape index (κ3) is 6.08. The number of benzene rings is 9. The molecule has 0 saturated carbocycles. The van der Waals surface area contributed by atoms with E-state index in [9.17, 15) is 0 Å². The average Bonchev–Trinajstić information content (AvgIpc) is 3.89. The van der Waals surface area contributed by atoms with Crippen LogP contribution in [-0.2, 0) is 0 Å². The Morgan fingerprint density at radius 1 is 0.267 bits per heavy atom. The SMILES string of the molecule is c1ccc(-c2nc(-c3ccc(-c4cccc5ccccc45)cc3)cc(-c3cc(-c4ccc5c(c4)sc4ccccc45)cc(-c4ccc5sc6ccccc6c5c4)c3)n2)cc1. The molecule has 3 heterocycles. The van der Waals surface area contributed by atoms with E-state index in [2.05, 4.69) is 200 Å². The number of rotatable bonds is 6. The normalized spacial score (nSPS) is 11.7. The zero-order valence-electron chi connectivity index (χ0n) is 32.3. The average molecular weight is 799 g/mol. The maximum absolute atomic E-state index is 5.32. The Bertz CT molecular complexity index is 3590. The molecule has 4 heteroatoms. The molecule has 0 amide bonds. The highest BCUT2D eigenvalue weighted by atomic mass is 32.1. The van der Waals surface area contributed by atoms with E-state index >= 15 is 0 Å². The summed E-state index contributed by atoms with van der Waals surface area (Å²) in [5.41, 5.74) is 11.9. The van der Waals surface area contributed by atoms with Crippen LogP contribution in [0, 0.1) is 0 Å². The van der Waals surface area contributed by atoms with E-state index < -0.39 is 0 Å². The van der Waals surface area contributed by atoms with Gasteiger partial charge >= 0.3 is 0 Å². The lowest BCUT2D eigenvalue weighted by molar-refractivity contribution is 1.18. The number of hydrogen-bond donors (Lipinski definition) is 0. The first-order chi connectivity index (χ1) is 29.7. The summed E-state index contributed by atoms with van der Waals surface area (Å²) < 4.78 is 5.20. The van der Waals surface area contributed by atoms with Gasteiger partial charge in [-0.05, 0) is 98.8 Å². The molecular formula is C56H34N2S2. The van der Waals surface area contributed by atoms with Crippen molar-refractivity contribution in [3.63, 3.8) is 0 Å². The number of hydrogen-bond acceptors (Lipinski definition) is 4. The Morgan fingerprint density at radius 3 is 1.58 bits per heavy atom. The first-order valence-electron chi connectivity index (χ1n) is 20.2. The Balaban J connectivity index is 1.04. The van der Waals surface area contributed by atoms with Gasteiger partial charge in [0.05, 0.1) is 11.4 Å². The first-order valence-corrected chi connectivity index (χ1v) is 21.8. The predicted octanol–water partition coefficient (Wildman–Crippen LogP) is 16.4. The van der Waals surface area contributed by atoms with Crippen LogP contribution >= 0.6 is 22.7 Å². The Morgan fingerprint density at radius 2 is 0.800 bits per heavy atom. The number of fused-ring (bicyclic) bond motifs is 7. The van der Waals surface area contributed by atoms with Crippen molar-refractivity contribution < 1.29 is 0 Å². The van der Waals surface area contributed by atoms with Crippen LogP contribution in [0.2, 0.25) is 0 Å². The molecule has 0 atom stereocenters. The molecule has 9 aromatic carbocycles. The third-order valence-electron chi connectivity index (χ3n) is 11.7. The summed E-state index contributed by atoms with van der Waals surface area (Å²) in [5.74, 6) is 0.700. The highest BCUT2D eigenvalue weighted by molar-refractivity contribution is 7.26. The van der Waals surface area contributed by atoms with Crippen molar-refractivity contribution in [2.24, 2.45) is 0 Å². The van der Waals surface area contributed by atoms with Gasteiger partial charge in [0.1, 0.15) is 0 Å². The summed E-state index contributed by atoms with van der Waals surface area (Å²) in [6.45, 7) is 0. The van der Waals surface area contributed by atoms with E-state index in [1.807, 2.05) is 28.7 Å². The van der Waals surface area contributed by atoms with Gasteiger partial charge in [-0.15, -0.1) is 22.7 Å². The summed E-state index contributed by atoms with van der Waals surface area (Å²) in [4.78, 5) is 10.5. The molecule has 0 spiro atoms. The van der Waals surface area contributed by atoms with Crippen LogP contribution in [0.15, 0.2) is 206 Å². The van der Waals surface area contributed by atoms with E-state index in [0.29, 0.717) is 5.82 Å². The minimum absolute atomic E-state index is 0.700. The lowest BCUT2D eigenvalue weighted by atomic mass is 9.93. The fraction of sp³-hybridized carbons (Fsp3) is 0. The fourth-order valence-electron chi connectivity index (χ4n) is 8.68. The van der Waals surface area contributed by atoms with E-state index in [1.54, 1.807) is 0 Å². The van der Waals surface area contributed by atoms with Crippen molar-refractivity contribution in [1.29, 1.82) is 0 Å². The first kappa shape index (κ1) is 34.8. The van der Waals surface area contributed by atoms with Crippen LogP contribution in [0.5, 0.6) is 0 Å². The molecule has 0 N–H and O–H groups in total. The zero-order valence-corrected chi connectivity index (χ0v) is 34.0. The fourth-order valence-corrected chi connectivity index (χ4v) is 10.9.